The van der Waals surface area contributed by atoms with E-state index in [0.717, 1.165) is 0 Å². The summed E-state index contributed by atoms with van der Waals surface area (Å²) in [5, 5.41) is 8.89. The zero-order valence-electron chi connectivity index (χ0n) is 13.9. The van der Waals surface area contributed by atoms with Gasteiger partial charge < -0.3 is 5.73 Å². The van der Waals surface area contributed by atoms with Crippen LogP contribution in [-0.4, -0.2) is 13.0 Å². The molecule has 3 aromatic carbocycles. The SMILES string of the molecule is CC.Nc1c(N=Nc2ccccc2)cc(S(=O)(=O)O)c2ccccc12. The van der Waals surface area contributed by atoms with Crippen molar-refractivity contribution in [3.63, 3.8) is 0 Å². The highest BCUT2D eigenvalue weighted by Gasteiger charge is 2.18. The maximum absolute atomic E-state index is 11.6. The smallest absolute Gasteiger partial charge is 0.295 e. The molecule has 0 unspecified atom stereocenters. The predicted molar refractivity (Wildman–Crippen MR) is 100 cm³/mol. The number of benzene rings is 3. The molecule has 130 valence electrons. The monoisotopic (exact) mass is 357 g/mol. The Bertz CT molecular complexity index is 1000. The second kappa shape index (κ2) is 7.87. The zero-order valence-corrected chi connectivity index (χ0v) is 14.7. The summed E-state index contributed by atoms with van der Waals surface area (Å²) < 4.78 is 32.7. The van der Waals surface area contributed by atoms with Gasteiger partial charge in [-0.05, 0) is 18.2 Å². The number of anilines is 1. The molecule has 3 aromatic rings. The van der Waals surface area contributed by atoms with Gasteiger partial charge in [-0.1, -0.05) is 56.3 Å². The third-order valence-electron chi connectivity index (χ3n) is 3.33. The van der Waals surface area contributed by atoms with Crippen molar-refractivity contribution in [1.82, 2.24) is 0 Å². The number of azo groups is 1. The first kappa shape index (κ1) is 18.6. The summed E-state index contributed by atoms with van der Waals surface area (Å²) in [5.41, 5.74) is 7.15. The van der Waals surface area contributed by atoms with Gasteiger partial charge in [0.25, 0.3) is 10.1 Å². The maximum atomic E-state index is 11.6. The van der Waals surface area contributed by atoms with E-state index >= 15 is 0 Å². The van der Waals surface area contributed by atoms with Gasteiger partial charge >= 0.3 is 0 Å². The quantitative estimate of drug-likeness (QED) is 0.386. The van der Waals surface area contributed by atoms with Gasteiger partial charge in [-0.25, -0.2) is 0 Å². The number of nitrogens with zero attached hydrogens (tertiary/aromatic N) is 2. The first-order valence-corrected chi connectivity index (χ1v) is 9.16. The molecule has 0 heterocycles. The lowest BCUT2D eigenvalue weighted by Gasteiger charge is -2.09. The minimum Gasteiger partial charge on any atom is -0.396 e. The molecule has 0 atom stereocenters. The third-order valence-corrected chi connectivity index (χ3v) is 4.23. The standard InChI is InChI=1S/C16H13N3O3S.C2H6/c17-16-13-9-5-4-8-12(13)15(23(20,21)22)10-14(16)19-18-11-6-2-1-3-7-11;1-2/h1-10H,17H2,(H,20,21,22);1-2H3. The van der Waals surface area contributed by atoms with E-state index in [1.54, 1.807) is 36.4 Å². The van der Waals surface area contributed by atoms with Gasteiger partial charge in [0.05, 0.1) is 11.4 Å². The topological polar surface area (TPSA) is 105 Å². The van der Waals surface area contributed by atoms with Gasteiger partial charge in [0.1, 0.15) is 10.6 Å². The van der Waals surface area contributed by atoms with E-state index in [-0.39, 0.29) is 10.6 Å². The number of rotatable bonds is 3. The maximum Gasteiger partial charge on any atom is 0.295 e. The van der Waals surface area contributed by atoms with Crippen LogP contribution < -0.4 is 5.73 Å². The highest BCUT2D eigenvalue weighted by Crippen LogP contribution is 2.36. The fourth-order valence-corrected chi connectivity index (χ4v) is 2.97. The van der Waals surface area contributed by atoms with E-state index in [1.807, 2.05) is 32.0 Å². The van der Waals surface area contributed by atoms with Crippen LogP contribution in [0.15, 0.2) is 75.8 Å². The van der Waals surface area contributed by atoms with Crippen molar-refractivity contribution in [2.24, 2.45) is 10.2 Å². The van der Waals surface area contributed by atoms with Gasteiger partial charge in [-0.3, -0.25) is 4.55 Å². The number of fused-ring (bicyclic) bond motifs is 1. The van der Waals surface area contributed by atoms with E-state index in [1.165, 1.54) is 6.07 Å². The summed E-state index contributed by atoms with van der Waals surface area (Å²) in [4.78, 5) is -0.246. The minimum atomic E-state index is -4.41. The summed E-state index contributed by atoms with van der Waals surface area (Å²) >= 11 is 0. The summed E-state index contributed by atoms with van der Waals surface area (Å²) in [7, 11) is -4.41. The van der Waals surface area contributed by atoms with Crippen LogP contribution in [0.25, 0.3) is 10.8 Å². The summed E-state index contributed by atoms with van der Waals surface area (Å²) in [6.45, 7) is 4.00. The molecule has 6 nitrogen and oxygen atoms in total. The molecular weight excluding hydrogens is 338 g/mol. The van der Waals surface area contributed by atoms with E-state index in [0.29, 0.717) is 22.1 Å². The van der Waals surface area contributed by atoms with Crippen LogP contribution in [0, 0.1) is 0 Å². The second-order valence-corrected chi connectivity index (χ2v) is 6.25. The number of hydrogen-bond acceptors (Lipinski definition) is 5. The Morgan fingerprint density at radius 3 is 2.04 bits per heavy atom. The third kappa shape index (κ3) is 4.20. The van der Waals surface area contributed by atoms with E-state index in [9.17, 15) is 13.0 Å². The van der Waals surface area contributed by atoms with Crippen LogP contribution in [-0.2, 0) is 10.1 Å². The fraction of sp³-hybridized carbons (Fsp3) is 0.111. The average Bonchev–Trinajstić information content (AvgIpc) is 2.63. The van der Waals surface area contributed by atoms with Crippen molar-refractivity contribution < 1.29 is 13.0 Å². The lowest BCUT2D eigenvalue weighted by atomic mass is 10.1. The van der Waals surface area contributed by atoms with Gasteiger partial charge in [-0.15, -0.1) is 5.11 Å². The molecule has 0 bridgehead atoms. The normalized spacial score (nSPS) is 11.3. The van der Waals surface area contributed by atoms with Crippen molar-refractivity contribution in [2.45, 2.75) is 18.7 Å². The largest absolute Gasteiger partial charge is 0.396 e. The Kier molecular flexibility index (Phi) is 5.84. The van der Waals surface area contributed by atoms with Crippen molar-refractivity contribution in [2.75, 3.05) is 5.73 Å². The molecule has 0 saturated heterocycles. The lowest BCUT2D eigenvalue weighted by molar-refractivity contribution is 0.484. The van der Waals surface area contributed by atoms with Crippen LogP contribution in [0.1, 0.15) is 13.8 Å². The highest BCUT2D eigenvalue weighted by molar-refractivity contribution is 7.86. The molecular formula is C18H19N3O3S. The molecule has 0 aliphatic rings. The molecule has 3 rings (SSSR count). The highest BCUT2D eigenvalue weighted by atomic mass is 32.2. The number of nitrogen functional groups attached to an aromatic ring is 1. The van der Waals surface area contributed by atoms with Gasteiger partial charge in [-0.2, -0.15) is 13.5 Å². The average molecular weight is 357 g/mol. The predicted octanol–water partition coefficient (Wildman–Crippen LogP) is 5.11. The molecule has 25 heavy (non-hydrogen) atoms. The van der Waals surface area contributed by atoms with E-state index in [2.05, 4.69) is 10.2 Å². The van der Waals surface area contributed by atoms with Crippen LogP contribution in [0.2, 0.25) is 0 Å². The molecule has 0 aliphatic carbocycles. The van der Waals surface area contributed by atoms with Gasteiger partial charge in [0.15, 0.2) is 0 Å². The molecule has 0 aromatic heterocycles. The molecule has 0 aliphatic heterocycles. The molecule has 0 spiro atoms. The molecule has 3 N–H and O–H groups in total. The second-order valence-electron chi connectivity index (χ2n) is 4.86. The minimum absolute atomic E-state index is 0.181. The number of nitrogens with two attached hydrogens (primary N) is 1. The Labute approximate surface area is 146 Å². The first-order valence-electron chi connectivity index (χ1n) is 7.72. The molecule has 0 radical (unpaired) electrons. The van der Waals surface area contributed by atoms with Crippen LogP contribution in [0.5, 0.6) is 0 Å². The Morgan fingerprint density at radius 2 is 1.44 bits per heavy atom. The summed E-state index contributed by atoms with van der Waals surface area (Å²) in [6, 6.07) is 16.8. The van der Waals surface area contributed by atoms with Crippen molar-refractivity contribution >= 4 is 38.0 Å². The first-order chi connectivity index (χ1) is 12.0. The van der Waals surface area contributed by atoms with Crippen LogP contribution >= 0.6 is 0 Å². The van der Waals surface area contributed by atoms with Gasteiger partial charge in [0, 0.05) is 10.8 Å². The van der Waals surface area contributed by atoms with Crippen LogP contribution in [0.4, 0.5) is 17.1 Å². The summed E-state index contributed by atoms with van der Waals surface area (Å²) in [5.74, 6) is 0. The Hall–Kier alpha value is -2.77. The Balaban J connectivity index is 0.00000109. The van der Waals surface area contributed by atoms with Crippen molar-refractivity contribution in [3.8, 4) is 0 Å². The zero-order chi connectivity index (χ0) is 18.4. The molecule has 0 fully saturated rings. The fourth-order valence-electron chi connectivity index (χ4n) is 2.25. The van der Waals surface area contributed by atoms with Gasteiger partial charge in [0.2, 0.25) is 0 Å². The van der Waals surface area contributed by atoms with Crippen LogP contribution in [0.3, 0.4) is 0 Å². The van der Waals surface area contributed by atoms with Crippen molar-refractivity contribution in [3.05, 3.63) is 60.7 Å². The Morgan fingerprint density at radius 1 is 0.880 bits per heavy atom. The van der Waals surface area contributed by atoms with E-state index < -0.39 is 10.1 Å². The van der Waals surface area contributed by atoms with E-state index in [4.69, 9.17) is 5.73 Å². The molecule has 0 amide bonds. The number of hydrogen-bond donors (Lipinski definition) is 2. The molecule has 7 heteroatoms. The van der Waals surface area contributed by atoms with Crippen molar-refractivity contribution in [1.29, 1.82) is 0 Å². The summed E-state index contributed by atoms with van der Waals surface area (Å²) in [6.07, 6.45) is 0. The molecule has 0 saturated carbocycles. The lowest BCUT2D eigenvalue weighted by Crippen LogP contribution is -2.01.